The van der Waals surface area contributed by atoms with Crippen LogP contribution in [0.2, 0.25) is 0 Å². The van der Waals surface area contributed by atoms with E-state index < -0.39 is 10.8 Å². The Morgan fingerprint density at radius 3 is 2.93 bits per heavy atom. The summed E-state index contributed by atoms with van der Waals surface area (Å²) in [6.07, 6.45) is 1.22. The van der Waals surface area contributed by atoms with Crippen LogP contribution in [0.1, 0.15) is 19.8 Å². The average molecular weight is 234 g/mol. The highest BCUT2D eigenvalue weighted by molar-refractivity contribution is 7.85. The number of methoxy groups -OCH3 is 1. The molecule has 0 aromatic rings. The van der Waals surface area contributed by atoms with Gasteiger partial charge in [-0.1, -0.05) is 6.92 Å². The minimum absolute atomic E-state index is 0.127. The molecule has 0 spiro atoms. The lowest BCUT2D eigenvalue weighted by atomic mass is 10.2. The first-order valence-corrected chi connectivity index (χ1v) is 6.53. The third kappa shape index (κ3) is 4.30. The van der Waals surface area contributed by atoms with Gasteiger partial charge in [-0.3, -0.25) is 9.00 Å². The number of rotatable bonds is 5. The molecule has 1 saturated heterocycles. The molecule has 0 N–H and O–H groups in total. The molecule has 0 aliphatic carbocycles. The first kappa shape index (κ1) is 12.6. The molecule has 1 fully saturated rings. The number of hydrogen-bond acceptors (Lipinski definition) is 4. The van der Waals surface area contributed by atoms with E-state index in [-0.39, 0.29) is 17.6 Å². The van der Waals surface area contributed by atoms with Gasteiger partial charge in [0.05, 0.1) is 20.1 Å². The molecule has 1 heterocycles. The lowest BCUT2D eigenvalue weighted by Gasteiger charge is -2.12. The zero-order valence-corrected chi connectivity index (χ0v) is 10.0. The van der Waals surface area contributed by atoms with Crippen LogP contribution in [0.25, 0.3) is 0 Å². The molecule has 88 valence electrons. The minimum atomic E-state index is -0.958. The van der Waals surface area contributed by atoms with E-state index in [0.29, 0.717) is 18.3 Å². The second kappa shape index (κ2) is 6.23. The summed E-state index contributed by atoms with van der Waals surface area (Å²) < 4.78 is 21.6. The number of carbonyl (C=O) groups is 1. The smallest absolute Gasteiger partial charge is 0.306 e. The van der Waals surface area contributed by atoms with Gasteiger partial charge in [-0.2, -0.15) is 0 Å². The topological polar surface area (TPSA) is 52.6 Å². The Kier molecular flexibility index (Phi) is 5.25. The van der Waals surface area contributed by atoms with Crippen molar-refractivity contribution in [1.29, 1.82) is 0 Å². The van der Waals surface area contributed by atoms with Gasteiger partial charge in [-0.15, -0.1) is 0 Å². The molecule has 0 bridgehead atoms. The number of ether oxygens (including phenoxy) is 2. The Morgan fingerprint density at radius 2 is 2.40 bits per heavy atom. The third-order valence-corrected chi connectivity index (χ3v) is 4.42. The highest BCUT2D eigenvalue weighted by atomic mass is 32.2. The van der Waals surface area contributed by atoms with E-state index in [4.69, 9.17) is 4.74 Å². The summed E-state index contributed by atoms with van der Waals surface area (Å²) in [4.78, 5) is 11.0. The van der Waals surface area contributed by atoms with Crippen molar-refractivity contribution in [1.82, 2.24) is 0 Å². The number of carbonyl (C=O) groups excluding carboxylic acids is 1. The lowest BCUT2D eigenvalue weighted by Crippen LogP contribution is -2.22. The van der Waals surface area contributed by atoms with Crippen molar-refractivity contribution in [2.75, 3.05) is 26.1 Å². The van der Waals surface area contributed by atoms with Crippen LogP contribution in [0.3, 0.4) is 0 Å². The van der Waals surface area contributed by atoms with Crippen LogP contribution in [-0.4, -0.2) is 41.5 Å². The lowest BCUT2D eigenvalue weighted by molar-refractivity contribution is -0.140. The molecule has 0 aromatic carbocycles. The highest BCUT2D eigenvalue weighted by Gasteiger charge is 2.22. The van der Waals surface area contributed by atoms with Crippen LogP contribution >= 0.6 is 0 Å². The number of esters is 1. The third-order valence-electron chi connectivity index (χ3n) is 2.55. The first-order valence-electron chi connectivity index (χ1n) is 5.15. The van der Waals surface area contributed by atoms with Gasteiger partial charge in [0.15, 0.2) is 0 Å². The molecule has 1 aliphatic heterocycles. The average Bonchev–Trinajstić information content (AvgIpc) is 2.70. The fraction of sp³-hybridized carbons (Fsp3) is 0.900. The van der Waals surface area contributed by atoms with E-state index in [0.717, 1.165) is 13.0 Å². The van der Waals surface area contributed by atoms with Crippen LogP contribution in [0.5, 0.6) is 0 Å². The maximum absolute atomic E-state index is 11.8. The largest absolute Gasteiger partial charge is 0.469 e. The summed E-state index contributed by atoms with van der Waals surface area (Å²) >= 11 is 0. The van der Waals surface area contributed by atoms with Crippen molar-refractivity contribution in [3.8, 4) is 0 Å². The van der Waals surface area contributed by atoms with Crippen molar-refractivity contribution in [2.24, 2.45) is 5.92 Å². The molecule has 15 heavy (non-hydrogen) atoms. The molecular weight excluding hydrogens is 216 g/mol. The summed E-state index contributed by atoms with van der Waals surface area (Å²) in [6.45, 7) is 3.30. The molecule has 1 rings (SSSR count). The molecule has 1 aliphatic rings. The summed E-state index contributed by atoms with van der Waals surface area (Å²) in [5.74, 6) is 0.738. The second-order valence-electron chi connectivity index (χ2n) is 3.87. The van der Waals surface area contributed by atoms with Gasteiger partial charge >= 0.3 is 5.97 Å². The Balaban J connectivity index is 2.28. The Morgan fingerprint density at radius 1 is 1.67 bits per heavy atom. The molecule has 0 aromatic heterocycles. The Bertz CT molecular complexity index is 236. The fourth-order valence-electron chi connectivity index (χ4n) is 1.52. The maximum Gasteiger partial charge on any atom is 0.306 e. The Labute approximate surface area is 92.8 Å². The molecule has 0 amide bonds. The van der Waals surface area contributed by atoms with E-state index >= 15 is 0 Å². The van der Waals surface area contributed by atoms with E-state index in [1.807, 2.05) is 6.92 Å². The predicted octanol–water partition coefficient (Wildman–Crippen LogP) is 0.723. The van der Waals surface area contributed by atoms with E-state index in [2.05, 4.69) is 4.74 Å². The summed E-state index contributed by atoms with van der Waals surface area (Å²) in [5, 5.41) is -0.127. The molecule has 4 nitrogen and oxygen atoms in total. The van der Waals surface area contributed by atoms with E-state index in [1.165, 1.54) is 7.11 Å². The summed E-state index contributed by atoms with van der Waals surface area (Å²) in [7, 11) is 0.392. The normalized spacial score (nSPS) is 24.8. The predicted molar refractivity (Wildman–Crippen MR) is 58.0 cm³/mol. The van der Waals surface area contributed by atoms with Crippen molar-refractivity contribution in [3.63, 3.8) is 0 Å². The molecule has 0 saturated carbocycles. The van der Waals surface area contributed by atoms with Gasteiger partial charge < -0.3 is 9.47 Å². The van der Waals surface area contributed by atoms with Gasteiger partial charge in [-0.05, 0) is 12.3 Å². The minimum Gasteiger partial charge on any atom is -0.469 e. The molecular formula is C10H18O4S. The summed E-state index contributed by atoms with van der Waals surface area (Å²) in [5.41, 5.74) is 0. The van der Waals surface area contributed by atoms with E-state index in [1.54, 1.807) is 0 Å². The monoisotopic (exact) mass is 234 g/mol. The highest BCUT2D eigenvalue weighted by Crippen LogP contribution is 2.16. The second-order valence-corrected chi connectivity index (χ2v) is 5.77. The zero-order chi connectivity index (χ0) is 11.3. The molecule has 5 heteroatoms. The van der Waals surface area contributed by atoms with Crippen molar-refractivity contribution in [2.45, 2.75) is 25.0 Å². The van der Waals surface area contributed by atoms with Gasteiger partial charge in [0.2, 0.25) is 0 Å². The van der Waals surface area contributed by atoms with Crippen LogP contribution < -0.4 is 0 Å². The van der Waals surface area contributed by atoms with Crippen LogP contribution in [0.15, 0.2) is 0 Å². The maximum atomic E-state index is 11.8. The Hall–Kier alpha value is -0.420. The molecule has 3 unspecified atom stereocenters. The quantitative estimate of drug-likeness (QED) is 0.658. The van der Waals surface area contributed by atoms with Gasteiger partial charge in [0.1, 0.15) is 0 Å². The van der Waals surface area contributed by atoms with Crippen LogP contribution in [-0.2, 0) is 25.1 Å². The molecule has 3 atom stereocenters. The number of hydrogen-bond donors (Lipinski definition) is 0. The van der Waals surface area contributed by atoms with Crippen LogP contribution in [0, 0.1) is 5.92 Å². The fourth-order valence-corrected chi connectivity index (χ4v) is 2.90. The standard InChI is InChI=1S/C10H18O4S/c1-8(5-10(11)13-2)15(12)7-9-3-4-14-6-9/h8-9H,3-7H2,1-2H3. The van der Waals surface area contributed by atoms with Crippen molar-refractivity contribution < 1.29 is 18.5 Å². The van der Waals surface area contributed by atoms with Crippen LogP contribution in [0.4, 0.5) is 0 Å². The summed E-state index contributed by atoms with van der Waals surface area (Å²) in [6, 6.07) is 0. The zero-order valence-electron chi connectivity index (χ0n) is 9.23. The van der Waals surface area contributed by atoms with Crippen molar-refractivity contribution in [3.05, 3.63) is 0 Å². The van der Waals surface area contributed by atoms with Crippen molar-refractivity contribution >= 4 is 16.8 Å². The van der Waals surface area contributed by atoms with Gasteiger partial charge in [-0.25, -0.2) is 0 Å². The first-order chi connectivity index (χ1) is 7.13. The SMILES string of the molecule is COC(=O)CC(C)S(=O)CC1CCOC1. The van der Waals surface area contributed by atoms with Gasteiger partial charge in [0.25, 0.3) is 0 Å². The van der Waals surface area contributed by atoms with Gasteiger partial charge in [0, 0.05) is 28.4 Å². The molecule has 0 radical (unpaired) electrons. The van der Waals surface area contributed by atoms with E-state index in [9.17, 15) is 9.00 Å².